The van der Waals surface area contributed by atoms with E-state index in [0.717, 1.165) is 34.0 Å². The van der Waals surface area contributed by atoms with Gasteiger partial charge in [-0.1, -0.05) is 30.4 Å². The maximum Gasteiger partial charge on any atom is 0.161 e. The normalized spacial score (nSPS) is 13.2. The van der Waals surface area contributed by atoms with Crippen LogP contribution in [0.3, 0.4) is 0 Å². The minimum absolute atomic E-state index is 0.596. The van der Waals surface area contributed by atoms with Gasteiger partial charge in [0.05, 0.1) is 11.4 Å². The molecule has 1 aliphatic heterocycles. The molecule has 0 saturated heterocycles. The van der Waals surface area contributed by atoms with E-state index in [1.165, 1.54) is 0 Å². The Labute approximate surface area is 140 Å². The van der Waals surface area contributed by atoms with Gasteiger partial charge in [-0.15, -0.1) is 0 Å². The van der Waals surface area contributed by atoms with Crippen LogP contribution in [0.2, 0.25) is 0 Å². The van der Waals surface area contributed by atoms with Gasteiger partial charge in [0.2, 0.25) is 0 Å². The van der Waals surface area contributed by atoms with Crippen molar-refractivity contribution < 1.29 is 9.47 Å². The van der Waals surface area contributed by atoms with Crippen LogP contribution >= 0.6 is 0 Å². The van der Waals surface area contributed by atoms with Gasteiger partial charge < -0.3 is 9.47 Å². The number of fused-ring (bicyclic) bond motifs is 1. The van der Waals surface area contributed by atoms with Gasteiger partial charge in [0.25, 0.3) is 0 Å². The molecule has 3 aromatic rings. The standard InChI is InChI=1S/C20H16N2O2/c1-2-10-21-17(3-1)18-8-6-16(14-22-18)5-4-15-7-9-19-20(13-15)24-12-11-23-19/h1-10,13-14H,11-12H2/b5-4+. The van der Waals surface area contributed by atoms with Crippen molar-refractivity contribution in [1.82, 2.24) is 9.97 Å². The highest BCUT2D eigenvalue weighted by molar-refractivity contribution is 5.71. The Morgan fingerprint density at radius 3 is 2.33 bits per heavy atom. The lowest BCUT2D eigenvalue weighted by Gasteiger charge is -2.18. The minimum Gasteiger partial charge on any atom is -0.486 e. The molecule has 0 amide bonds. The summed E-state index contributed by atoms with van der Waals surface area (Å²) < 4.78 is 11.1. The molecule has 118 valence electrons. The van der Waals surface area contributed by atoms with Gasteiger partial charge in [-0.25, -0.2) is 0 Å². The van der Waals surface area contributed by atoms with Crippen molar-refractivity contribution >= 4 is 12.2 Å². The number of hydrogen-bond donors (Lipinski definition) is 0. The highest BCUT2D eigenvalue weighted by atomic mass is 16.6. The molecule has 0 N–H and O–H groups in total. The summed E-state index contributed by atoms with van der Waals surface area (Å²) in [6.45, 7) is 1.20. The largest absolute Gasteiger partial charge is 0.486 e. The lowest BCUT2D eigenvalue weighted by molar-refractivity contribution is 0.171. The second-order valence-corrected chi connectivity index (χ2v) is 5.43. The predicted molar refractivity (Wildman–Crippen MR) is 93.8 cm³/mol. The number of pyridine rings is 2. The second kappa shape index (κ2) is 6.54. The minimum atomic E-state index is 0.596. The molecule has 4 rings (SSSR count). The molecule has 24 heavy (non-hydrogen) atoms. The third kappa shape index (κ3) is 3.13. The van der Waals surface area contributed by atoms with Gasteiger partial charge >= 0.3 is 0 Å². The van der Waals surface area contributed by atoms with Crippen LogP contribution in [0.15, 0.2) is 60.9 Å². The lowest BCUT2D eigenvalue weighted by Crippen LogP contribution is -2.15. The van der Waals surface area contributed by atoms with Crippen molar-refractivity contribution in [3.05, 3.63) is 72.1 Å². The van der Waals surface area contributed by atoms with Gasteiger partial charge in [-0.3, -0.25) is 9.97 Å². The quantitative estimate of drug-likeness (QED) is 0.730. The van der Waals surface area contributed by atoms with E-state index in [1.54, 1.807) is 6.20 Å². The fourth-order valence-electron chi connectivity index (χ4n) is 2.53. The van der Waals surface area contributed by atoms with Crippen molar-refractivity contribution in [2.45, 2.75) is 0 Å². The second-order valence-electron chi connectivity index (χ2n) is 5.43. The zero-order valence-electron chi connectivity index (χ0n) is 13.1. The van der Waals surface area contributed by atoms with Crippen LogP contribution in [-0.2, 0) is 0 Å². The molecule has 0 bridgehead atoms. The van der Waals surface area contributed by atoms with E-state index in [2.05, 4.69) is 9.97 Å². The molecule has 4 nitrogen and oxygen atoms in total. The average molecular weight is 316 g/mol. The Bertz CT molecular complexity index is 859. The Morgan fingerprint density at radius 1 is 0.750 bits per heavy atom. The monoisotopic (exact) mass is 316 g/mol. The Kier molecular flexibility index (Phi) is 3.94. The van der Waals surface area contributed by atoms with Crippen molar-refractivity contribution in [3.63, 3.8) is 0 Å². The fourth-order valence-corrected chi connectivity index (χ4v) is 2.53. The van der Waals surface area contributed by atoms with Crippen LogP contribution in [0.4, 0.5) is 0 Å². The number of aromatic nitrogens is 2. The summed E-state index contributed by atoms with van der Waals surface area (Å²) in [5.74, 6) is 1.60. The molecule has 0 atom stereocenters. The Balaban J connectivity index is 1.52. The number of nitrogens with zero attached hydrogens (tertiary/aromatic N) is 2. The number of benzene rings is 1. The fraction of sp³-hybridized carbons (Fsp3) is 0.100. The maximum absolute atomic E-state index is 5.60. The van der Waals surface area contributed by atoms with Gasteiger partial charge in [0.1, 0.15) is 13.2 Å². The van der Waals surface area contributed by atoms with E-state index in [9.17, 15) is 0 Å². The first kappa shape index (κ1) is 14.5. The topological polar surface area (TPSA) is 44.2 Å². The van der Waals surface area contributed by atoms with Crippen LogP contribution in [0.1, 0.15) is 11.1 Å². The molecular formula is C20H16N2O2. The molecule has 0 fully saturated rings. The van der Waals surface area contributed by atoms with Gasteiger partial charge in [0, 0.05) is 12.4 Å². The third-order valence-electron chi connectivity index (χ3n) is 3.75. The number of rotatable bonds is 3. The first-order valence-corrected chi connectivity index (χ1v) is 7.84. The number of hydrogen-bond acceptors (Lipinski definition) is 4. The molecule has 1 aromatic carbocycles. The van der Waals surface area contributed by atoms with E-state index >= 15 is 0 Å². The summed E-state index contributed by atoms with van der Waals surface area (Å²) >= 11 is 0. The zero-order chi connectivity index (χ0) is 16.2. The van der Waals surface area contributed by atoms with Crippen LogP contribution in [0, 0.1) is 0 Å². The highest BCUT2D eigenvalue weighted by Gasteiger charge is 2.10. The molecule has 0 radical (unpaired) electrons. The summed E-state index contributed by atoms with van der Waals surface area (Å²) in [6.07, 6.45) is 7.68. The summed E-state index contributed by atoms with van der Waals surface area (Å²) in [5.41, 5.74) is 3.84. The molecule has 0 unspecified atom stereocenters. The lowest BCUT2D eigenvalue weighted by atomic mass is 10.1. The first-order valence-electron chi connectivity index (χ1n) is 7.84. The van der Waals surface area contributed by atoms with E-state index in [0.29, 0.717) is 13.2 Å². The van der Waals surface area contributed by atoms with Crippen LogP contribution in [0.5, 0.6) is 11.5 Å². The summed E-state index contributed by atoms with van der Waals surface area (Å²) in [7, 11) is 0. The molecule has 0 spiro atoms. The average Bonchev–Trinajstić information content (AvgIpc) is 2.67. The smallest absolute Gasteiger partial charge is 0.161 e. The maximum atomic E-state index is 5.60. The van der Waals surface area contributed by atoms with Crippen LogP contribution in [-0.4, -0.2) is 23.2 Å². The van der Waals surface area contributed by atoms with Crippen molar-refractivity contribution in [1.29, 1.82) is 0 Å². The van der Waals surface area contributed by atoms with Gasteiger partial charge in [-0.2, -0.15) is 0 Å². The van der Waals surface area contributed by atoms with E-state index < -0.39 is 0 Å². The summed E-state index contributed by atoms with van der Waals surface area (Å²) in [4.78, 5) is 8.78. The Hall–Kier alpha value is -3.14. The van der Waals surface area contributed by atoms with E-state index in [4.69, 9.17) is 9.47 Å². The molecule has 0 saturated carbocycles. The molecule has 2 aromatic heterocycles. The molecule has 4 heteroatoms. The van der Waals surface area contributed by atoms with Gasteiger partial charge in [0.15, 0.2) is 11.5 Å². The zero-order valence-corrected chi connectivity index (χ0v) is 13.1. The Morgan fingerprint density at radius 2 is 1.54 bits per heavy atom. The molecular weight excluding hydrogens is 300 g/mol. The molecule has 0 aliphatic carbocycles. The molecule has 3 heterocycles. The van der Waals surface area contributed by atoms with Gasteiger partial charge in [-0.05, 0) is 41.5 Å². The van der Waals surface area contributed by atoms with Crippen LogP contribution in [0.25, 0.3) is 23.5 Å². The SMILES string of the molecule is C(=C\c1ccc2c(c1)OCCO2)/c1ccc(-c2ccccn2)nc1. The first-order chi connectivity index (χ1) is 11.9. The molecule has 1 aliphatic rings. The van der Waals surface area contributed by atoms with Crippen molar-refractivity contribution in [2.75, 3.05) is 13.2 Å². The van der Waals surface area contributed by atoms with Crippen molar-refractivity contribution in [2.24, 2.45) is 0 Å². The highest BCUT2D eigenvalue weighted by Crippen LogP contribution is 2.31. The van der Waals surface area contributed by atoms with E-state index in [-0.39, 0.29) is 0 Å². The number of ether oxygens (including phenoxy) is 2. The summed E-state index contributed by atoms with van der Waals surface area (Å²) in [6, 6.07) is 15.8. The summed E-state index contributed by atoms with van der Waals surface area (Å²) in [5, 5.41) is 0. The predicted octanol–water partition coefficient (Wildman–Crippen LogP) is 4.09. The van der Waals surface area contributed by atoms with Crippen molar-refractivity contribution in [3.8, 4) is 22.9 Å². The van der Waals surface area contributed by atoms with E-state index in [1.807, 2.05) is 66.9 Å². The van der Waals surface area contributed by atoms with Crippen LogP contribution < -0.4 is 9.47 Å². The third-order valence-corrected chi connectivity index (χ3v) is 3.75.